The summed E-state index contributed by atoms with van der Waals surface area (Å²) in [6, 6.07) is 6.26. The molecular weight excluding hydrogens is 285 g/mol. The van der Waals surface area contributed by atoms with E-state index in [4.69, 9.17) is 23.2 Å². The lowest BCUT2D eigenvalue weighted by atomic mass is 10.1. The largest absolute Gasteiger partial charge is 0.312 e. The number of nitrogens with one attached hydrogen (secondary N) is 1. The molecule has 1 saturated carbocycles. The Balaban J connectivity index is 1.96. The summed E-state index contributed by atoms with van der Waals surface area (Å²) in [7, 11) is 2.00. The highest BCUT2D eigenvalue weighted by Crippen LogP contribution is 2.33. The second-order valence-electron chi connectivity index (χ2n) is 4.75. The van der Waals surface area contributed by atoms with E-state index in [-0.39, 0.29) is 0 Å². The van der Waals surface area contributed by atoms with Crippen LogP contribution < -0.4 is 5.32 Å². The molecule has 1 aliphatic carbocycles. The molecule has 0 saturated heterocycles. The number of halogens is 2. The summed E-state index contributed by atoms with van der Waals surface area (Å²) in [5.74, 6) is 1.10. The van der Waals surface area contributed by atoms with Crippen molar-refractivity contribution in [1.82, 2.24) is 5.32 Å². The smallest absolute Gasteiger partial charge is 0.0595 e. The molecule has 0 spiro atoms. The Morgan fingerprint density at radius 3 is 2.61 bits per heavy atom. The summed E-state index contributed by atoms with van der Waals surface area (Å²) < 4.78 is 0. The second kappa shape index (κ2) is 7.04. The minimum absolute atomic E-state index is 0.352. The molecule has 1 atom stereocenters. The SMILES string of the molecule is CNC(CSC1CCCC1)c1ccc(Cl)c(Cl)c1. The molecule has 1 aliphatic rings. The van der Waals surface area contributed by atoms with Crippen molar-refractivity contribution in [3.63, 3.8) is 0 Å². The Hall–Kier alpha value is 0.110. The topological polar surface area (TPSA) is 12.0 Å². The molecule has 0 radical (unpaired) electrons. The molecule has 1 fully saturated rings. The molecular formula is C14H19Cl2NS. The third-order valence-electron chi connectivity index (χ3n) is 3.50. The van der Waals surface area contributed by atoms with Crippen LogP contribution in [0.5, 0.6) is 0 Å². The molecule has 1 aromatic carbocycles. The lowest BCUT2D eigenvalue weighted by Gasteiger charge is -2.19. The Kier molecular flexibility index (Phi) is 5.68. The van der Waals surface area contributed by atoms with Gasteiger partial charge in [0.05, 0.1) is 10.0 Å². The minimum atomic E-state index is 0.352. The Bertz CT molecular complexity index is 391. The van der Waals surface area contributed by atoms with E-state index in [1.54, 1.807) is 0 Å². The van der Waals surface area contributed by atoms with Gasteiger partial charge in [-0.25, -0.2) is 0 Å². The fourth-order valence-electron chi connectivity index (χ4n) is 2.36. The second-order valence-corrected chi connectivity index (χ2v) is 6.90. The molecule has 4 heteroatoms. The van der Waals surface area contributed by atoms with Gasteiger partial charge in [0.15, 0.2) is 0 Å². The molecule has 2 rings (SSSR count). The first-order valence-electron chi connectivity index (χ1n) is 6.44. The molecule has 0 heterocycles. The van der Waals surface area contributed by atoms with Crippen LogP contribution >= 0.6 is 35.0 Å². The van der Waals surface area contributed by atoms with Gasteiger partial charge in [0, 0.05) is 17.0 Å². The van der Waals surface area contributed by atoms with Crippen LogP contribution in [0.25, 0.3) is 0 Å². The maximum atomic E-state index is 6.08. The van der Waals surface area contributed by atoms with Gasteiger partial charge in [-0.1, -0.05) is 42.1 Å². The van der Waals surface area contributed by atoms with Crippen molar-refractivity contribution in [3.05, 3.63) is 33.8 Å². The van der Waals surface area contributed by atoms with Gasteiger partial charge in [0.2, 0.25) is 0 Å². The summed E-state index contributed by atoms with van der Waals surface area (Å²) in [5.41, 5.74) is 1.22. The van der Waals surface area contributed by atoms with E-state index >= 15 is 0 Å². The van der Waals surface area contributed by atoms with E-state index in [1.807, 2.05) is 19.2 Å². The molecule has 0 aliphatic heterocycles. The van der Waals surface area contributed by atoms with Crippen LogP contribution in [0.4, 0.5) is 0 Å². The predicted molar refractivity (Wildman–Crippen MR) is 83.0 cm³/mol. The van der Waals surface area contributed by atoms with Gasteiger partial charge < -0.3 is 5.32 Å². The van der Waals surface area contributed by atoms with Crippen molar-refractivity contribution >= 4 is 35.0 Å². The van der Waals surface area contributed by atoms with E-state index in [1.165, 1.54) is 31.2 Å². The van der Waals surface area contributed by atoms with E-state index in [0.717, 1.165) is 11.0 Å². The van der Waals surface area contributed by atoms with E-state index in [2.05, 4.69) is 23.1 Å². The van der Waals surface area contributed by atoms with Crippen LogP contribution in [-0.4, -0.2) is 18.1 Å². The zero-order chi connectivity index (χ0) is 13.0. The monoisotopic (exact) mass is 303 g/mol. The number of hydrogen-bond acceptors (Lipinski definition) is 2. The average molecular weight is 304 g/mol. The molecule has 1 aromatic rings. The van der Waals surface area contributed by atoms with Crippen LogP contribution in [0.15, 0.2) is 18.2 Å². The van der Waals surface area contributed by atoms with Crippen molar-refractivity contribution in [2.24, 2.45) is 0 Å². The quantitative estimate of drug-likeness (QED) is 0.828. The lowest BCUT2D eigenvalue weighted by molar-refractivity contribution is 0.660. The summed E-state index contributed by atoms with van der Waals surface area (Å²) in [6.45, 7) is 0. The van der Waals surface area contributed by atoms with Gasteiger partial charge in [-0.05, 0) is 37.6 Å². The first kappa shape index (κ1) is 14.5. The van der Waals surface area contributed by atoms with E-state index < -0.39 is 0 Å². The molecule has 0 amide bonds. The van der Waals surface area contributed by atoms with Gasteiger partial charge in [0.25, 0.3) is 0 Å². The molecule has 0 bridgehead atoms. The van der Waals surface area contributed by atoms with Crippen LogP contribution in [0.2, 0.25) is 10.0 Å². The van der Waals surface area contributed by atoms with Crippen molar-refractivity contribution in [2.45, 2.75) is 37.0 Å². The van der Waals surface area contributed by atoms with Gasteiger partial charge in [-0.15, -0.1) is 0 Å². The van der Waals surface area contributed by atoms with Gasteiger partial charge in [-0.3, -0.25) is 0 Å². The van der Waals surface area contributed by atoms with Gasteiger partial charge >= 0.3 is 0 Å². The van der Waals surface area contributed by atoms with Crippen LogP contribution in [0, 0.1) is 0 Å². The van der Waals surface area contributed by atoms with E-state index in [9.17, 15) is 0 Å². The highest BCUT2D eigenvalue weighted by Gasteiger charge is 2.18. The average Bonchev–Trinajstić information content (AvgIpc) is 2.87. The molecule has 100 valence electrons. The maximum absolute atomic E-state index is 6.08. The zero-order valence-corrected chi connectivity index (χ0v) is 12.9. The highest BCUT2D eigenvalue weighted by atomic mass is 35.5. The summed E-state index contributed by atoms with van der Waals surface area (Å²) in [6.07, 6.45) is 5.55. The maximum Gasteiger partial charge on any atom is 0.0595 e. The molecule has 1 unspecified atom stereocenters. The van der Waals surface area contributed by atoms with Crippen molar-refractivity contribution < 1.29 is 0 Å². The fourth-order valence-corrected chi connectivity index (χ4v) is 4.16. The first-order valence-corrected chi connectivity index (χ1v) is 8.25. The van der Waals surface area contributed by atoms with Crippen molar-refractivity contribution in [2.75, 3.05) is 12.8 Å². The fraction of sp³-hybridized carbons (Fsp3) is 0.571. The summed E-state index contributed by atoms with van der Waals surface area (Å²) in [4.78, 5) is 0. The molecule has 0 aromatic heterocycles. The minimum Gasteiger partial charge on any atom is -0.312 e. The highest BCUT2D eigenvalue weighted by molar-refractivity contribution is 7.99. The van der Waals surface area contributed by atoms with E-state index in [0.29, 0.717) is 16.1 Å². The van der Waals surface area contributed by atoms with Crippen LogP contribution in [0.1, 0.15) is 37.3 Å². The Morgan fingerprint density at radius 2 is 2.00 bits per heavy atom. The lowest BCUT2D eigenvalue weighted by Crippen LogP contribution is -2.19. The Labute approximate surface area is 124 Å². The Morgan fingerprint density at radius 1 is 1.28 bits per heavy atom. The molecule has 1 nitrogen and oxygen atoms in total. The number of hydrogen-bond donors (Lipinski definition) is 1. The summed E-state index contributed by atoms with van der Waals surface area (Å²) in [5, 5.41) is 5.48. The van der Waals surface area contributed by atoms with Gasteiger partial charge in [0.1, 0.15) is 0 Å². The van der Waals surface area contributed by atoms with Crippen LogP contribution in [-0.2, 0) is 0 Å². The van der Waals surface area contributed by atoms with Crippen molar-refractivity contribution in [1.29, 1.82) is 0 Å². The zero-order valence-electron chi connectivity index (χ0n) is 10.6. The van der Waals surface area contributed by atoms with Crippen LogP contribution in [0.3, 0.4) is 0 Å². The molecule has 18 heavy (non-hydrogen) atoms. The van der Waals surface area contributed by atoms with Gasteiger partial charge in [-0.2, -0.15) is 11.8 Å². The third kappa shape index (κ3) is 3.80. The summed E-state index contributed by atoms with van der Waals surface area (Å²) >= 11 is 14.1. The number of thioether (sulfide) groups is 1. The standard InChI is InChI=1S/C14H19Cl2NS/c1-17-14(9-18-11-4-2-3-5-11)10-6-7-12(15)13(16)8-10/h6-8,11,14,17H,2-5,9H2,1H3. The number of rotatable bonds is 5. The van der Waals surface area contributed by atoms with Crippen molar-refractivity contribution in [3.8, 4) is 0 Å². The predicted octanol–water partition coefficient (Wildman–Crippen LogP) is 4.93. The first-order chi connectivity index (χ1) is 8.70. The normalized spacial score (nSPS) is 18.2. The number of benzene rings is 1. The third-order valence-corrected chi connectivity index (χ3v) is 5.70. The molecule has 1 N–H and O–H groups in total.